The van der Waals surface area contributed by atoms with E-state index in [2.05, 4.69) is 10.5 Å². The second kappa shape index (κ2) is 28.0. The molecule has 1 fully saturated rings. The van der Waals surface area contributed by atoms with E-state index < -0.39 is 41.8 Å². The molecule has 3 heterocycles. The Labute approximate surface area is 394 Å². The van der Waals surface area contributed by atoms with Crippen molar-refractivity contribution in [1.29, 1.82) is 0 Å². The number of hydrazine groups is 1. The third-order valence-corrected chi connectivity index (χ3v) is 12.4. The Bertz CT molecular complexity index is 2290. The van der Waals surface area contributed by atoms with E-state index in [0.29, 0.717) is 35.8 Å². The van der Waals surface area contributed by atoms with E-state index in [1.807, 2.05) is 0 Å². The minimum atomic E-state index is -1.00. The summed E-state index contributed by atoms with van der Waals surface area (Å²) in [5.41, 5.74) is 6.55. The van der Waals surface area contributed by atoms with Gasteiger partial charge in [0.15, 0.2) is 17.4 Å². The first kappa shape index (κ1) is 55.9. The van der Waals surface area contributed by atoms with Crippen LogP contribution in [0.2, 0.25) is 0 Å². The Morgan fingerprint density at radius 1 is 0.758 bits per heavy atom. The second-order valence-electron chi connectivity index (χ2n) is 14.4. The summed E-state index contributed by atoms with van der Waals surface area (Å²) in [6, 6.07) is 19.0. The number of fused-ring (bicyclic) bond motifs is 1. The minimum absolute atomic E-state index is 0. The lowest BCUT2D eigenvalue weighted by Gasteiger charge is -2.28. The molecule has 0 amide bonds. The van der Waals surface area contributed by atoms with Gasteiger partial charge in [-0.2, -0.15) is 28.6 Å². The monoisotopic (exact) mass is 986 g/mol. The van der Waals surface area contributed by atoms with Crippen molar-refractivity contribution < 1.29 is 60.0 Å². The van der Waals surface area contributed by atoms with Crippen LogP contribution in [-0.4, -0.2) is 85.0 Å². The standard InChI is InChI=1S/C22H21F3N2O2S.C16H19FO4S.C6H6F2N2.C2H6O.ClH/c1-28-22(29-2)20-17-12-30-11-14(9-13-3-5-15(23)6-4-13)21(17)27(26-20)19-8-7-16(24)10-18(19)25;1-20-16(21-2)15(19)13-9-22-8-11(14(13)18)7-10-3-5-12(17)6-4-10;7-4-1-2-6(10-9)5(8)3-4;1-2-3;/h3-8,10,14,22H,9,11-12H2,1-2H3;3-6,11,13,16H,7-9H2,1-2H3;1-3,10H,9H2;3H,2H2,1H3;1H. The highest BCUT2D eigenvalue weighted by molar-refractivity contribution is 7.99. The SMILES string of the molecule is CCO.COC(OC)C(=O)C1CSCC(Cc2ccc(F)cc2)C1=O.COC(OC)c1nn(-c2ccc(F)cc2F)c2c1CSCC2Cc1ccc(F)cc1.Cl.NNc1ccc(F)cc1F. The number of nitrogens with two attached hydrogens (primary N) is 1. The summed E-state index contributed by atoms with van der Waals surface area (Å²) < 4.78 is 101. The summed E-state index contributed by atoms with van der Waals surface area (Å²) in [4.78, 5) is 24.8. The molecule has 2 aliphatic rings. The Kier molecular flexibility index (Phi) is 23.7. The first-order valence-electron chi connectivity index (χ1n) is 20.2. The predicted octanol–water partition coefficient (Wildman–Crippen LogP) is 8.93. The van der Waals surface area contributed by atoms with Crippen molar-refractivity contribution in [1.82, 2.24) is 9.78 Å². The Morgan fingerprint density at radius 3 is 1.76 bits per heavy atom. The highest BCUT2D eigenvalue weighted by atomic mass is 35.5. The van der Waals surface area contributed by atoms with Crippen LogP contribution in [0.3, 0.4) is 0 Å². The van der Waals surface area contributed by atoms with Crippen LogP contribution >= 0.6 is 35.9 Å². The van der Waals surface area contributed by atoms with Crippen LogP contribution in [0.15, 0.2) is 84.9 Å². The van der Waals surface area contributed by atoms with Crippen molar-refractivity contribution >= 4 is 53.2 Å². The molecule has 0 radical (unpaired) electrons. The number of carbonyl (C=O) groups excluding carboxylic acids is 2. The fourth-order valence-corrected chi connectivity index (χ4v) is 9.44. The van der Waals surface area contributed by atoms with Gasteiger partial charge in [-0.15, -0.1) is 12.4 Å². The lowest BCUT2D eigenvalue weighted by atomic mass is 9.87. The van der Waals surface area contributed by atoms with Crippen LogP contribution < -0.4 is 11.3 Å². The number of rotatable bonds is 13. The van der Waals surface area contributed by atoms with E-state index in [4.69, 9.17) is 29.9 Å². The maximum absolute atomic E-state index is 14.7. The predicted molar refractivity (Wildman–Crippen MR) is 246 cm³/mol. The van der Waals surface area contributed by atoms with Gasteiger partial charge in [0, 0.05) is 87.6 Å². The highest BCUT2D eigenvalue weighted by Crippen LogP contribution is 2.41. The third kappa shape index (κ3) is 15.3. The molecule has 3 unspecified atom stereocenters. The molecule has 0 aliphatic carbocycles. The fraction of sp³-hybridized carbons (Fsp3) is 0.370. The van der Waals surface area contributed by atoms with Gasteiger partial charge in [-0.3, -0.25) is 15.4 Å². The number of halogens is 7. The molecule has 0 saturated carbocycles. The number of aliphatic hydroxyl groups is 1. The molecule has 20 heteroatoms. The summed E-state index contributed by atoms with van der Waals surface area (Å²) in [6.45, 7) is 1.93. The number of hydrogen-bond acceptors (Lipinski definition) is 12. The molecule has 1 aromatic heterocycles. The lowest BCUT2D eigenvalue weighted by molar-refractivity contribution is -0.162. The van der Waals surface area contributed by atoms with Gasteiger partial charge in [0.25, 0.3) is 0 Å². The molecule has 3 atom stereocenters. The maximum Gasteiger partial charge on any atom is 0.218 e. The molecule has 5 aromatic rings. The molecule has 360 valence electrons. The maximum atomic E-state index is 14.7. The van der Waals surface area contributed by atoms with E-state index >= 15 is 0 Å². The largest absolute Gasteiger partial charge is 0.397 e. The van der Waals surface area contributed by atoms with Gasteiger partial charge < -0.3 is 29.5 Å². The number of nitrogen functional groups attached to an aromatic ring is 1. The number of anilines is 1. The van der Waals surface area contributed by atoms with Gasteiger partial charge >= 0.3 is 0 Å². The first-order valence-corrected chi connectivity index (χ1v) is 22.5. The number of ketones is 2. The topological polar surface area (TPSA) is 147 Å². The van der Waals surface area contributed by atoms with Crippen molar-refractivity contribution in [2.24, 2.45) is 17.7 Å². The third-order valence-electron chi connectivity index (χ3n) is 10.0. The van der Waals surface area contributed by atoms with E-state index in [9.17, 15) is 35.9 Å². The Morgan fingerprint density at radius 2 is 1.26 bits per heavy atom. The van der Waals surface area contributed by atoms with Gasteiger partial charge in [0.1, 0.15) is 40.4 Å². The first-order chi connectivity index (χ1) is 31.2. The number of aromatic nitrogens is 2. The van der Waals surface area contributed by atoms with Crippen LogP contribution in [0, 0.1) is 46.7 Å². The molecule has 1 saturated heterocycles. The number of benzene rings is 4. The smallest absolute Gasteiger partial charge is 0.218 e. The number of Topliss-reactive ketones (excluding diaryl/α,β-unsaturated/α-hetero) is 2. The number of thioether (sulfide) groups is 2. The summed E-state index contributed by atoms with van der Waals surface area (Å²) in [7, 11) is 5.79. The normalized spacial score (nSPS) is 16.4. The lowest BCUT2D eigenvalue weighted by Crippen LogP contribution is -2.43. The zero-order valence-electron chi connectivity index (χ0n) is 36.8. The molecule has 7 rings (SSSR count). The number of aliphatic hydroxyl groups excluding tert-OH is 1. The quantitative estimate of drug-likeness (QED) is 0.0340. The van der Waals surface area contributed by atoms with Gasteiger partial charge in [-0.05, 0) is 79.4 Å². The number of methoxy groups -OCH3 is 4. The summed E-state index contributed by atoms with van der Waals surface area (Å²) >= 11 is 3.32. The molecule has 0 bridgehead atoms. The summed E-state index contributed by atoms with van der Waals surface area (Å²) in [6.07, 6.45) is -0.549. The fourth-order valence-electron chi connectivity index (χ4n) is 7.00. The molecular formula is C46H53ClF6N4O7S2. The van der Waals surface area contributed by atoms with Crippen molar-refractivity contribution in [3.63, 3.8) is 0 Å². The number of nitrogens with one attached hydrogen (secondary N) is 1. The van der Waals surface area contributed by atoms with Crippen LogP contribution in [0.1, 0.15) is 47.2 Å². The second-order valence-corrected chi connectivity index (χ2v) is 16.5. The summed E-state index contributed by atoms with van der Waals surface area (Å²) in [5, 5.41) is 12.2. The van der Waals surface area contributed by atoms with Crippen molar-refractivity contribution in [3.8, 4) is 5.69 Å². The van der Waals surface area contributed by atoms with Crippen molar-refractivity contribution in [2.75, 3.05) is 57.7 Å². The molecule has 2 aliphatic heterocycles. The van der Waals surface area contributed by atoms with E-state index in [1.165, 1.54) is 70.9 Å². The molecule has 4 aromatic carbocycles. The zero-order valence-corrected chi connectivity index (χ0v) is 39.2. The molecule has 66 heavy (non-hydrogen) atoms. The summed E-state index contributed by atoms with van der Waals surface area (Å²) in [5.74, 6) is 2.90. The van der Waals surface area contributed by atoms with Crippen LogP contribution in [0.25, 0.3) is 5.69 Å². The number of hydrogen-bond donors (Lipinski definition) is 3. The van der Waals surface area contributed by atoms with E-state index in [1.54, 1.807) is 59.4 Å². The Hall–Kier alpha value is -4.44. The van der Waals surface area contributed by atoms with Crippen molar-refractivity contribution in [2.45, 2.75) is 44.0 Å². The molecular weight excluding hydrogens is 934 g/mol. The van der Waals surface area contributed by atoms with Gasteiger partial charge in [-0.25, -0.2) is 31.0 Å². The zero-order chi connectivity index (χ0) is 47.6. The van der Waals surface area contributed by atoms with Crippen molar-refractivity contribution in [3.05, 3.63) is 148 Å². The van der Waals surface area contributed by atoms with Gasteiger partial charge in [0.2, 0.25) is 12.6 Å². The molecule has 0 spiro atoms. The highest BCUT2D eigenvalue weighted by Gasteiger charge is 2.39. The number of carbonyl (C=O) groups is 2. The average molecular weight is 988 g/mol. The average Bonchev–Trinajstić information content (AvgIpc) is 3.67. The Balaban J connectivity index is 0.000000280. The molecule has 4 N–H and O–H groups in total. The molecule has 11 nitrogen and oxygen atoms in total. The minimum Gasteiger partial charge on any atom is -0.397 e. The van der Waals surface area contributed by atoms with E-state index in [0.717, 1.165) is 46.3 Å². The van der Waals surface area contributed by atoms with Gasteiger partial charge in [0.05, 0.1) is 17.3 Å². The van der Waals surface area contributed by atoms with Crippen LogP contribution in [0.4, 0.5) is 32.0 Å². The van der Waals surface area contributed by atoms with Crippen LogP contribution in [0.5, 0.6) is 0 Å². The van der Waals surface area contributed by atoms with Gasteiger partial charge in [-0.1, -0.05) is 24.3 Å². The van der Waals surface area contributed by atoms with E-state index in [-0.39, 0.29) is 65.4 Å². The van der Waals surface area contributed by atoms with Crippen LogP contribution in [-0.2, 0) is 47.1 Å². The number of nitrogens with zero attached hydrogens (tertiary/aromatic N) is 2. The number of ether oxygens (including phenoxy) is 4.